The molecule has 2 fully saturated rings. The Morgan fingerprint density at radius 2 is 1.96 bits per heavy atom. The van der Waals surface area contributed by atoms with Crippen molar-refractivity contribution in [3.8, 4) is 0 Å². The summed E-state index contributed by atoms with van der Waals surface area (Å²) in [4.78, 5) is 11.2. The number of hydrogen-bond acceptors (Lipinski definition) is 8. The highest BCUT2D eigenvalue weighted by Crippen LogP contribution is 2.53. The minimum Gasteiger partial charge on any atom is -0.460 e. The van der Waals surface area contributed by atoms with E-state index in [2.05, 4.69) is 0 Å². The van der Waals surface area contributed by atoms with E-state index in [0.717, 1.165) is 6.42 Å². The molecule has 11 heteroatoms. The Labute approximate surface area is 157 Å². The summed E-state index contributed by atoms with van der Waals surface area (Å²) in [6.45, 7) is 5.27. The minimum atomic E-state index is -3.80. The lowest BCUT2D eigenvalue weighted by atomic mass is 9.86. The van der Waals surface area contributed by atoms with Gasteiger partial charge in [-0.2, -0.15) is 0 Å². The number of carbonyl (C=O) groups is 1. The smallest absolute Gasteiger partial charge is 0.460 e. The van der Waals surface area contributed by atoms with Crippen LogP contribution in [0.4, 0.5) is 0 Å². The van der Waals surface area contributed by atoms with Crippen LogP contribution in [-0.2, 0) is 37.1 Å². The minimum absolute atomic E-state index is 0.00242. The van der Waals surface area contributed by atoms with E-state index in [1.165, 1.54) is 14.0 Å². The highest BCUT2D eigenvalue weighted by Gasteiger charge is 2.45. The molecule has 26 heavy (non-hydrogen) atoms. The molecule has 0 saturated carbocycles. The molecule has 8 atom stereocenters. The Morgan fingerprint density at radius 3 is 2.54 bits per heavy atom. The van der Waals surface area contributed by atoms with Gasteiger partial charge in [0.25, 0.3) is 0 Å². The standard InChI is InChI=1S/C15H29B2O8P/c1-5-10-14(8(2)15(17)24-10)25-26(19,20-4)21-7-12-11(22-9(3)18)6-13(16)23-12/h8,10-15H,5-7,16-17H2,1-4H3/t8-,10-,11+,12-,13-,14+,15-,26?/m1/s1. The van der Waals surface area contributed by atoms with Crippen LogP contribution >= 0.6 is 7.82 Å². The number of ether oxygens (including phenoxy) is 3. The van der Waals surface area contributed by atoms with Gasteiger partial charge in [-0.15, -0.1) is 0 Å². The molecule has 0 radical (unpaired) electrons. The number of rotatable bonds is 8. The Morgan fingerprint density at radius 1 is 1.27 bits per heavy atom. The van der Waals surface area contributed by atoms with Crippen LogP contribution in [0.1, 0.15) is 33.6 Å². The lowest BCUT2D eigenvalue weighted by Crippen LogP contribution is -2.32. The van der Waals surface area contributed by atoms with Crippen LogP contribution in [0.2, 0.25) is 0 Å². The maximum absolute atomic E-state index is 12.9. The van der Waals surface area contributed by atoms with Crippen molar-refractivity contribution in [2.45, 2.75) is 70.0 Å². The molecule has 0 N–H and O–H groups in total. The van der Waals surface area contributed by atoms with Gasteiger partial charge in [0, 0.05) is 38.4 Å². The van der Waals surface area contributed by atoms with Crippen molar-refractivity contribution in [1.29, 1.82) is 0 Å². The van der Waals surface area contributed by atoms with E-state index in [1.54, 1.807) is 0 Å². The molecule has 0 aliphatic carbocycles. The predicted molar refractivity (Wildman–Crippen MR) is 99.5 cm³/mol. The molecule has 0 aromatic heterocycles. The van der Waals surface area contributed by atoms with Gasteiger partial charge in [-0.1, -0.05) is 13.8 Å². The third-order valence-electron chi connectivity index (χ3n) is 4.99. The second-order valence-corrected chi connectivity index (χ2v) is 8.74. The maximum Gasteiger partial charge on any atom is 0.474 e. The summed E-state index contributed by atoms with van der Waals surface area (Å²) in [5, 5.41) is 0. The molecule has 2 aliphatic rings. The molecule has 2 heterocycles. The fraction of sp³-hybridized carbons (Fsp3) is 0.933. The summed E-state index contributed by atoms with van der Waals surface area (Å²) in [5.74, 6) is -0.329. The zero-order valence-corrected chi connectivity index (χ0v) is 17.3. The molecule has 8 nitrogen and oxygen atoms in total. The maximum atomic E-state index is 12.9. The van der Waals surface area contributed by atoms with Crippen molar-refractivity contribution in [2.24, 2.45) is 5.92 Å². The van der Waals surface area contributed by atoms with Crippen LogP contribution in [0.5, 0.6) is 0 Å². The Balaban J connectivity index is 1.98. The van der Waals surface area contributed by atoms with Crippen molar-refractivity contribution in [2.75, 3.05) is 13.7 Å². The monoisotopic (exact) mass is 390 g/mol. The van der Waals surface area contributed by atoms with Gasteiger partial charge >= 0.3 is 13.8 Å². The van der Waals surface area contributed by atoms with Crippen LogP contribution in [0.25, 0.3) is 0 Å². The van der Waals surface area contributed by atoms with E-state index in [1.807, 2.05) is 29.5 Å². The predicted octanol–water partition coefficient (Wildman–Crippen LogP) is 0.227. The van der Waals surface area contributed by atoms with E-state index in [9.17, 15) is 9.36 Å². The van der Waals surface area contributed by atoms with Crippen LogP contribution in [-0.4, -0.2) is 71.8 Å². The number of esters is 1. The van der Waals surface area contributed by atoms with Gasteiger partial charge < -0.3 is 14.2 Å². The van der Waals surface area contributed by atoms with Crippen LogP contribution < -0.4 is 0 Å². The lowest BCUT2D eigenvalue weighted by Gasteiger charge is -2.26. The number of carbonyl (C=O) groups excluding carboxylic acids is 1. The highest BCUT2D eigenvalue weighted by atomic mass is 31.2. The zero-order valence-electron chi connectivity index (χ0n) is 16.4. The first kappa shape index (κ1) is 21.9. The van der Waals surface area contributed by atoms with Crippen molar-refractivity contribution >= 4 is 29.5 Å². The average Bonchev–Trinajstić information content (AvgIpc) is 3.06. The van der Waals surface area contributed by atoms with E-state index < -0.39 is 20.0 Å². The molecule has 148 valence electrons. The normalized spacial score (nSPS) is 39.6. The third kappa shape index (κ3) is 5.33. The van der Waals surface area contributed by atoms with Crippen molar-refractivity contribution < 1.29 is 37.1 Å². The van der Waals surface area contributed by atoms with Gasteiger partial charge in [-0.25, -0.2) is 4.57 Å². The topological polar surface area (TPSA) is 89.5 Å². The van der Waals surface area contributed by atoms with E-state index in [-0.39, 0.29) is 42.7 Å². The first-order chi connectivity index (χ1) is 12.2. The van der Waals surface area contributed by atoms with Crippen molar-refractivity contribution in [1.82, 2.24) is 0 Å². The molecule has 0 bridgehead atoms. The van der Waals surface area contributed by atoms with Gasteiger partial charge in [0.05, 0.1) is 18.8 Å². The third-order valence-corrected chi connectivity index (χ3v) is 6.41. The fourth-order valence-corrected chi connectivity index (χ4v) is 4.63. The zero-order chi connectivity index (χ0) is 19.5. The molecule has 0 aromatic carbocycles. The lowest BCUT2D eigenvalue weighted by molar-refractivity contribution is -0.149. The molecule has 0 aromatic rings. The average molecular weight is 390 g/mol. The Hall–Kier alpha value is -0.370. The summed E-state index contributed by atoms with van der Waals surface area (Å²) < 4.78 is 46.1. The molecular formula is C15H29B2O8P. The summed E-state index contributed by atoms with van der Waals surface area (Å²) in [5.41, 5.74) is 0. The van der Waals surface area contributed by atoms with E-state index >= 15 is 0 Å². The Bertz CT molecular complexity index is 536. The Kier molecular flexibility index (Phi) is 7.77. The van der Waals surface area contributed by atoms with Gasteiger partial charge in [-0.3, -0.25) is 18.4 Å². The van der Waals surface area contributed by atoms with Gasteiger partial charge in [0.15, 0.2) is 0 Å². The molecule has 0 amide bonds. The summed E-state index contributed by atoms with van der Waals surface area (Å²) in [6.07, 6.45) is -0.198. The second kappa shape index (κ2) is 9.22. The van der Waals surface area contributed by atoms with E-state index in [0.29, 0.717) is 6.42 Å². The molecule has 2 rings (SSSR count). The van der Waals surface area contributed by atoms with Gasteiger partial charge in [0.1, 0.15) is 27.9 Å². The van der Waals surface area contributed by atoms with Crippen molar-refractivity contribution in [3.63, 3.8) is 0 Å². The van der Waals surface area contributed by atoms with Gasteiger partial charge in [0.2, 0.25) is 0 Å². The van der Waals surface area contributed by atoms with Crippen molar-refractivity contribution in [3.05, 3.63) is 0 Å². The summed E-state index contributed by atoms with van der Waals surface area (Å²) in [7, 11) is 1.34. The van der Waals surface area contributed by atoms with Crippen LogP contribution in [0, 0.1) is 5.92 Å². The summed E-state index contributed by atoms with van der Waals surface area (Å²) >= 11 is 0. The molecule has 0 spiro atoms. The molecule has 2 saturated heterocycles. The number of phosphoric acid groups is 1. The molecular weight excluding hydrogens is 361 g/mol. The largest absolute Gasteiger partial charge is 0.474 e. The first-order valence-corrected chi connectivity index (χ1v) is 10.6. The van der Waals surface area contributed by atoms with Crippen LogP contribution in [0.3, 0.4) is 0 Å². The number of phosphoric ester groups is 1. The summed E-state index contributed by atoms with van der Waals surface area (Å²) in [6, 6.07) is -0.0769. The number of hydrogen-bond donors (Lipinski definition) is 0. The van der Waals surface area contributed by atoms with Crippen LogP contribution in [0.15, 0.2) is 0 Å². The SMILES string of the molecule is B[C@@H]1O[C@H](CC)[C@@H](OP(=O)(OC)OC[C@H]2O[C@@H](B)C[C@@H]2OC(C)=O)[C@H]1C. The fourth-order valence-electron chi connectivity index (χ4n) is 3.42. The highest BCUT2D eigenvalue weighted by molar-refractivity contribution is 7.48. The van der Waals surface area contributed by atoms with E-state index in [4.69, 9.17) is 27.8 Å². The second-order valence-electron chi connectivity index (χ2n) is 7.01. The quantitative estimate of drug-likeness (QED) is 0.331. The first-order valence-electron chi connectivity index (χ1n) is 9.16. The van der Waals surface area contributed by atoms with Gasteiger partial charge in [-0.05, 0) is 6.42 Å². The molecule has 2 aliphatic heterocycles. The molecule has 1 unspecified atom stereocenters.